The molecule has 0 spiro atoms. The smallest absolute Gasteiger partial charge is 0.294 e. The van der Waals surface area contributed by atoms with E-state index in [1.54, 1.807) is 11.0 Å². The van der Waals surface area contributed by atoms with Crippen molar-refractivity contribution in [2.75, 3.05) is 23.4 Å². The lowest BCUT2D eigenvalue weighted by Gasteiger charge is -2.29. The first-order chi connectivity index (χ1) is 10.4. The third-order valence-corrected chi connectivity index (χ3v) is 4.64. The van der Waals surface area contributed by atoms with E-state index in [1.165, 1.54) is 12.1 Å². The topological polar surface area (TPSA) is 93.6 Å². The summed E-state index contributed by atoms with van der Waals surface area (Å²) in [5, 5.41) is -0.208. The van der Waals surface area contributed by atoms with Gasteiger partial charge in [0.2, 0.25) is 14.9 Å². The Labute approximate surface area is 140 Å². The van der Waals surface area contributed by atoms with E-state index in [-0.39, 0.29) is 29.2 Å². The Kier molecular flexibility index (Phi) is 4.72. The van der Waals surface area contributed by atoms with Crippen molar-refractivity contribution < 1.29 is 17.6 Å². The van der Waals surface area contributed by atoms with Crippen LogP contribution in [-0.4, -0.2) is 27.1 Å². The lowest BCUT2D eigenvalue weighted by atomic mass is 9.99. The molecule has 1 aromatic carbocycles. The van der Waals surface area contributed by atoms with Gasteiger partial charge in [0.25, 0.3) is 5.91 Å². The molecule has 1 amide bonds. The fraction of sp³-hybridized carbons (Fsp3) is 0.267. The average Bonchev–Trinajstić information content (AvgIpc) is 2.96. The normalized spacial score (nSPS) is 14.0. The minimum atomic E-state index is -3.47. The molecule has 1 aromatic heterocycles. The number of amides is 1. The van der Waals surface area contributed by atoms with Crippen LogP contribution in [0.25, 0.3) is 0 Å². The number of hydrogen-bond acceptors (Lipinski definition) is 5. The van der Waals surface area contributed by atoms with E-state index in [4.69, 9.17) is 10.2 Å². The predicted octanol–water partition coefficient (Wildman–Crippen LogP) is 2.28. The fourth-order valence-corrected chi connectivity index (χ4v) is 3.19. The van der Waals surface area contributed by atoms with Crippen molar-refractivity contribution in [3.05, 3.63) is 41.7 Å². The summed E-state index contributed by atoms with van der Waals surface area (Å²) >= 11 is 0. The zero-order valence-corrected chi connectivity index (χ0v) is 14.1. The highest BCUT2D eigenvalue weighted by molar-refractivity contribution is 7.90. The number of carbonyl (C=O) groups is 1. The molecule has 1 aliphatic rings. The molecule has 124 valence electrons. The van der Waals surface area contributed by atoms with E-state index in [0.29, 0.717) is 12.2 Å². The number of anilines is 2. The van der Waals surface area contributed by atoms with Crippen LogP contribution in [-0.2, 0) is 16.3 Å². The molecule has 0 aliphatic carbocycles. The van der Waals surface area contributed by atoms with Crippen LogP contribution < -0.4 is 10.6 Å². The van der Waals surface area contributed by atoms with Crippen molar-refractivity contribution in [2.45, 2.75) is 17.9 Å². The summed E-state index contributed by atoms with van der Waals surface area (Å²) < 4.78 is 28.1. The third-order valence-electron chi connectivity index (χ3n) is 3.69. The van der Waals surface area contributed by atoms with Crippen LogP contribution in [0.1, 0.15) is 22.5 Å². The monoisotopic (exact) mass is 356 g/mol. The van der Waals surface area contributed by atoms with Crippen molar-refractivity contribution in [2.24, 2.45) is 0 Å². The molecule has 2 N–H and O–H groups in total. The first kappa shape index (κ1) is 17.4. The SMILES string of the molecule is CS(=O)(=O)c1ccc(C(=O)N2CCCc3c(N)cccc32)o1.Cl. The molecule has 2 heterocycles. The first-order valence-corrected chi connectivity index (χ1v) is 8.76. The van der Waals surface area contributed by atoms with Crippen LogP contribution in [0.5, 0.6) is 0 Å². The summed E-state index contributed by atoms with van der Waals surface area (Å²) in [6.45, 7) is 0.546. The Morgan fingerprint density at radius 3 is 2.65 bits per heavy atom. The summed E-state index contributed by atoms with van der Waals surface area (Å²) in [6.07, 6.45) is 2.65. The molecule has 2 aromatic rings. The van der Waals surface area contributed by atoms with Crippen molar-refractivity contribution in [3.8, 4) is 0 Å². The second-order valence-electron chi connectivity index (χ2n) is 5.30. The number of fused-ring (bicyclic) bond motifs is 1. The third kappa shape index (κ3) is 3.20. The quantitative estimate of drug-likeness (QED) is 0.833. The van der Waals surface area contributed by atoms with Crippen molar-refractivity contribution in [1.29, 1.82) is 0 Å². The summed E-state index contributed by atoms with van der Waals surface area (Å²) in [7, 11) is -3.47. The highest BCUT2D eigenvalue weighted by Gasteiger charge is 2.27. The van der Waals surface area contributed by atoms with E-state index in [2.05, 4.69) is 0 Å². The van der Waals surface area contributed by atoms with Crippen LogP contribution in [0.3, 0.4) is 0 Å². The number of nitrogens with zero attached hydrogens (tertiary/aromatic N) is 1. The van der Waals surface area contributed by atoms with Gasteiger partial charge in [-0.2, -0.15) is 0 Å². The molecule has 0 bridgehead atoms. The van der Waals surface area contributed by atoms with Gasteiger partial charge in [0.15, 0.2) is 5.76 Å². The minimum absolute atomic E-state index is 0. The maximum atomic E-state index is 12.6. The number of benzene rings is 1. The van der Waals surface area contributed by atoms with E-state index >= 15 is 0 Å². The number of hydrogen-bond donors (Lipinski definition) is 1. The summed E-state index contributed by atoms with van der Waals surface area (Å²) in [4.78, 5) is 14.2. The molecule has 0 saturated heterocycles. The number of rotatable bonds is 2. The standard InChI is InChI=1S/C15H16N2O4S.ClH/c1-22(19,20)14-8-7-13(21-14)15(18)17-9-3-4-10-11(16)5-2-6-12(10)17;/h2,5-8H,3-4,9,16H2,1H3;1H. The number of furan rings is 1. The Bertz CT molecular complexity index is 845. The fourth-order valence-electron chi connectivity index (χ4n) is 2.63. The number of sulfone groups is 1. The van der Waals surface area contributed by atoms with Gasteiger partial charge in [0.1, 0.15) is 0 Å². The molecule has 0 atom stereocenters. The molecule has 0 unspecified atom stereocenters. The molecule has 0 fully saturated rings. The summed E-state index contributed by atoms with van der Waals surface area (Å²) in [5.74, 6) is -0.350. The molecular formula is C15H17ClN2O4S. The van der Waals surface area contributed by atoms with Gasteiger partial charge < -0.3 is 15.1 Å². The molecule has 6 nitrogen and oxygen atoms in total. The Hall–Kier alpha value is -1.99. The molecule has 1 aliphatic heterocycles. The van der Waals surface area contributed by atoms with Gasteiger partial charge >= 0.3 is 0 Å². The van der Waals surface area contributed by atoms with E-state index < -0.39 is 9.84 Å². The van der Waals surface area contributed by atoms with Crippen molar-refractivity contribution in [3.63, 3.8) is 0 Å². The minimum Gasteiger partial charge on any atom is -0.440 e. The molecule has 3 rings (SSSR count). The molecule has 0 saturated carbocycles. The maximum absolute atomic E-state index is 12.6. The lowest BCUT2D eigenvalue weighted by molar-refractivity contribution is 0.0953. The zero-order valence-electron chi connectivity index (χ0n) is 12.5. The van der Waals surface area contributed by atoms with Crippen molar-refractivity contribution in [1.82, 2.24) is 0 Å². The Morgan fingerprint density at radius 1 is 1.26 bits per heavy atom. The van der Waals surface area contributed by atoms with Gasteiger partial charge in [-0.05, 0) is 42.7 Å². The maximum Gasteiger partial charge on any atom is 0.294 e. The van der Waals surface area contributed by atoms with E-state index in [1.807, 2.05) is 12.1 Å². The molecule has 23 heavy (non-hydrogen) atoms. The number of halogens is 1. The number of nitrogens with two attached hydrogens (primary N) is 1. The van der Waals surface area contributed by atoms with Gasteiger partial charge in [0, 0.05) is 24.2 Å². The Morgan fingerprint density at radius 2 is 2.00 bits per heavy atom. The first-order valence-electron chi connectivity index (χ1n) is 6.87. The van der Waals surface area contributed by atoms with Crippen LogP contribution in [0.4, 0.5) is 11.4 Å². The second-order valence-corrected chi connectivity index (χ2v) is 7.24. The lowest BCUT2D eigenvalue weighted by Crippen LogP contribution is -2.35. The van der Waals surface area contributed by atoms with Crippen LogP contribution in [0, 0.1) is 0 Å². The summed E-state index contributed by atoms with van der Waals surface area (Å²) in [6, 6.07) is 8.13. The van der Waals surface area contributed by atoms with E-state index in [0.717, 1.165) is 30.3 Å². The van der Waals surface area contributed by atoms with Crippen LogP contribution in [0.2, 0.25) is 0 Å². The number of carbonyl (C=O) groups excluding carboxylic acids is 1. The molecule has 0 radical (unpaired) electrons. The van der Waals surface area contributed by atoms with Crippen LogP contribution >= 0.6 is 12.4 Å². The molecular weight excluding hydrogens is 340 g/mol. The van der Waals surface area contributed by atoms with Crippen LogP contribution in [0.15, 0.2) is 39.8 Å². The van der Waals surface area contributed by atoms with E-state index in [9.17, 15) is 13.2 Å². The highest BCUT2D eigenvalue weighted by Crippen LogP contribution is 2.32. The van der Waals surface area contributed by atoms with Gasteiger partial charge in [0.05, 0.1) is 0 Å². The van der Waals surface area contributed by atoms with Gasteiger partial charge in [-0.25, -0.2) is 8.42 Å². The predicted molar refractivity (Wildman–Crippen MR) is 89.9 cm³/mol. The summed E-state index contributed by atoms with van der Waals surface area (Å²) in [5.41, 5.74) is 8.32. The van der Waals surface area contributed by atoms with Gasteiger partial charge in [-0.3, -0.25) is 4.79 Å². The number of nitrogen functional groups attached to an aromatic ring is 1. The average molecular weight is 357 g/mol. The van der Waals surface area contributed by atoms with Gasteiger partial charge in [-0.1, -0.05) is 6.07 Å². The Balaban J connectivity index is 0.00000192. The zero-order chi connectivity index (χ0) is 15.9. The highest BCUT2D eigenvalue weighted by atomic mass is 35.5. The second kappa shape index (κ2) is 6.25. The molecule has 8 heteroatoms. The van der Waals surface area contributed by atoms with Crippen molar-refractivity contribution >= 4 is 39.5 Å². The largest absolute Gasteiger partial charge is 0.440 e. The van der Waals surface area contributed by atoms with Gasteiger partial charge in [-0.15, -0.1) is 12.4 Å².